The van der Waals surface area contributed by atoms with E-state index < -0.39 is 0 Å². The zero-order valence-corrected chi connectivity index (χ0v) is 13.9. The monoisotopic (exact) mass is 300 g/mol. The van der Waals surface area contributed by atoms with Gasteiger partial charge in [-0.3, -0.25) is 14.9 Å². The summed E-state index contributed by atoms with van der Waals surface area (Å²) in [5, 5.41) is 7.20. The number of amides is 1. The molecule has 0 bridgehead atoms. The number of nitrogens with one attached hydrogen (secondary N) is 1. The molecule has 5 nitrogen and oxygen atoms in total. The predicted molar refractivity (Wildman–Crippen MR) is 86.5 cm³/mol. The molecule has 2 heterocycles. The lowest BCUT2D eigenvalue weighted by Crippen LogP contribution is -2.30. The Morgan fingerprint density at radius 2 is 1.91 bits per heavy atom. The summed E-state index contributed by atoms with van der Waals surface area (Å²) < 4.78 is 0. The van der Waals surface area contributed by atoms with Gasteiger partial charge in [-0.2, -0.15) is 5.10 Å². The van der Waals surface area contributed by atoms with E-state index in [1.165, 1.54) is 0 Å². The zero-order chi connectivity index (χ0) is 16.3. The molecule has 22 heavy (non-hydrogen) atoms. The van der Waals surface area contributed by atoms with Gasteiger partial charge in [0.2, 0.25) is 5.91 Å². The molecule has 0 aliphatic rings. The molecule has 0 fully saturated rings. The second kappa shape index (κ2) is 6.73. The fourth-order valence-corrected chi connectivity index (χ4v) is 2.88. The van der Waals surface area contributed by atoms with Crippen molar-refractivity contribution in [3.8, 4) is 0 Å². The molecule has 118 valence electrons. The first-order valence-corrected chi connectivity index (χ1v) is 7.58. The van der Waals surface area contributed by atoms with Crippen molar-refractivity contribution < 1.29 is 4.79 Å². The van der Waals surface area contributed by atoms with Gasteiger partial charge in [-0.25, -0.2) is 0 Å². The molecule has 2 aromatic rings. The van der Waals surface area contributed by atoms with Crippen molar-refractivity contribution in [1.82, 2.24) is 20.1 Å². The summed E-state index contributed by atoms with van der Waals surface area (Å²) >= 11 is 0. The van der Waals surface area contributed by atoms with Gasteiger partial charge in [0.05, 0.1) is 11.7 Å². The second-order valence-corrected chi connectivity index (χ2v) is 5.91. The number of aryl methyl sites for hydroxylation is 2. The number of carbonyl (C=O) groups is 1. The highest BCUT2D eigenvalue weighted by Crippen LogP contribution is 2.26. The van der Waals surface area contributed by atoms with Crippen LogP contribution in [0.4, 0.5) is 0 Å². The van der Waals surface area contributed by atoms with E-state index in [1.807, 2.05) is 40.0 Å². The first-order chi connectivity index (χ1) is 10.4. The lowest BCUT2D eigenvalue weighted by Gasteiger charge is -2.26. The van der Waals surface area contributed by atoms with Crippen LogP contribution < -0.4 is 0 Å². The molecule has 1 N–H and O–H groups in total. The summed E-state index contributed by atoms with van der Waals surface area (Å²) in [5.41, 5.74) is 4.26. The van der Waals surface area contributed by atoms with Crippen LogP contribution in [0.15, 0.2) is 24.5 Å². The van der Waals surface area contributed by atoms with Crippen molar-refractivity contribution in [1.29, 1.82) is 0 Å². The summed E-state index contributed by atoms with van der Waals surface area (Å²) in [6, 6.07) is 3.93. The minimum absolute atomic E-state index is 0.0363. The number of aromatic amines is 1. The molecule has 0 aromatic carbocycles. The molecule has 1 amide bonds. The minimum Gasteiger partial charge on any atom is -0.339 e. The van der Waals surface area contributed by atoms with Crippen molar-refractivity contribution in [2.24, 2.45) is 0 Å². The average Bonchev–Trinajstić information content (AvgIpc) is 2.85. The van der Waals surface area contributed by atoms with Crippen LogP contribution in [0.5, 0.6) is 0 Å². The highest BCUT2D eigenvalue weighted by atomic mass is 16.2. The van der Waals surface area contributed by atoms with E-state index in [0.29, 0.717) is 6.42 Å². The smallest absolute Gasteiger partial charge is 0.223 e. The van der Waals surface area contributed by atoms with Crippen LogP contribution in [0.3, 0.4) is 0 Å². The van der Waals surface area contributed by atoms with Gasteiger partial charge in [0.15, 0.2) is 0 Å². The van der Waals surface area contributed by atoms with Gasteiger partial charge in [0.25, 0.3) is 0 Å². The van der Waals surface area contributed by atoms with E-state index in [9.17, 15) is 4.79 Å². The van der Waals surface area contributed by atoms with E-state index in [1.54, 1.807) is 17.3 Å². The standard InChI is InChI=1S/C17H24N4O/c1-11(17-12(2)19-20-13(17)3)10-16(22)21(5)14(4)15-6-8-18-9-7-15/h6-9,11,14H,10H2,1-5H3,(H,19,20)/t11-,14-/m0/s1. The summed E-state index contributed by atoms with van der Waals surface area (Å²) in [5.74, 6) is 0.287. The summed E-state index contributed by atoms with van der Waals surface area (Å²) in [4.78, 5) is 18.4. The molecule has 0 aliphatic heterocycles. The summed E-state index contributed by atoms with van der Waals surface area (Å²) in [6.07, 6.45) is 3.99. The fraction of sp³-hybridized carbons (Fsp3) is 0.471. The lowest BCUT2D eigenvalue weighted by atomic mass is 9.95. The number of aromatic nitrogens is 3. The Hall–Kier alpha value is -2.17. The van der Waals surface area contributed by atoms with Gasteiger partial charge in [-0.05, 0) is 49.9 Å². The van der Waals surface area contributed by atoms with Crippen LogP contribution in [0.2, 0.25) is 0 Å². The molecular weight excluding hydrogens is 276 g/mol. The quantitative estimate of drug-likeness (QED) is 0.922. The van der Waals surface area contributed by atoms with Crippen LogP contribution >= 0.6 is 0 Å². The van der Waals surface area contributed by atoms with E-state index in [0.717, 1.165) is 22.5 Å². The van der Waals surface area contributed by atoms with Crippen molar-refractivity contribution >= 4 is 5.91 Å². The number of pyridine rings is 1. The maximum absolute atomic E-state index is 12.6. The molecule has 0 aliphatic carbocycles. The molecule has 2 atom stereocenters. The average molecular weight is 300 g/mol. The minimum atomic E-state index is 0.0363. The molecule has 0 saturated carbocycles. The highest BCUT2D eigenvalue weighted by molar-refractivity contribution is 5.77. The maximum atomic E-state index is 12.6. The van der Waals surface area contributed by atoms with Crippen LogP contribution in [-0.4, -0.2) is 33.0 Å². The van der Waals surface area contributed by atoms with Gasteiger partial charge in [0.1, 0.15) is 0 Å². The third kappa shape index (κ3) is 3.35. The van der Waals surface area contributed by atoms with E-state index in [2.05, 4.69) is 22.1 Å². The van der Waals surface area contributed by atoms with Crippen molar-refractivity contribution in [2.45, 2.75) is 46.1 Å². The van der Waals surface area contributed by atoms with E-state index in [-0.39, 0.29) is 17.9 Å². The Balaban J connectivity index is 2.05. The normalized spacial score (nSPS) is 13.7. The Morgan fingerprint density at radius 1 is 1.27 bits per heavy atom. The Morgan fingerprint density at radius 3 is 2.45 bits per heavy atom. The lowest BCUT2D eigenvalue weighted by molar-refractivity contribution is -0.132. The number of rotatable bonds is 5. The third-order valence-electron chi connectivity index (χ3n) is 4.32. The SMILES string of the molecule is Cc1n[nH]c(C)c1[C@@H](C)CC(=O)N(C)[C@@H](C)c1ccncc1. The molecule has 0 unspecified atom stereocenters. The van der Waals surface area contributed by atoms with Crippen molar-refractivity contribution in [3.63, 3.8) is 0 Å². The second-order valence-electron chi connectivity index (χ2n) is 5.91. The molecule has 2 rings (SSSR count). The van der Waals surface area contributed by atoms with E-state index in [4.69, 9.17) is 0 Å². The van der Waals surface area contributed by atoms with Gasteiger partial charge >= 0.3 is 0 Å². The van der Waals surface area contributed by atoms with E-state index >= 15 is 0 Å². The number of carbonyl (C=O) groups excluding carboxylic acids is 1. The largest absolute Gasteiger partial charge is 0.339 e. The van der Waals surface area contributed by atoms with Crippen LogP contribution in [0.1, 0.15) is 54.7 Å². The molecular formula is C17H24N4O. The Labute approximate surface area is 131 Å². The number of hydrogen-bond donors (Lipinski definition) is 1. The topological polar surface area (TPSA) is 61.9 Å². The molecule has 0 saturated heterocycles. The van der Waals surface area contributed by atoms with Gasteiger partial charge in [-0.1, -0.05) is 6.92 Å². The first kappa shape index (κ1) is 16.2. The van der Waals surface area contributed by atoms with Crippen molar-refractivity contribution in [3.05, 3.63) is 47.0 Å². The van der Waals surface area contributed by atoms with Crippen LogP contribution in [-0.2, 0) is 4.79 Å². The van der Waals surface area contributed by atoms with Crippen molar-refractivity contribution in [2.75, 3.05) is 7.05 Å². The molecule has 5 heteroatoms. The predicted octanol–water partition coefficient (Wildman–Crippen LogP) is 3.13. The summed E-state index contributed by atoms with van der Waals surface area (Å²) in [7, 11) is 1.86. The van der Waals surface area contributed by atoms with Gasteiger partial charge in [0, 0.05) is 31.6 Å². The zero-order valence-electron chi connectivity index (χ0n) is 13.9. The maximum Gasteiger partial charge on any atom is 0.223 e. The highest BCUT2D eigenvalue weighted by Gasteiger charge is 2.22. The molecule has 0 spiro atoms. The number of H-pyrrole nitrogens is 1. The number of hydrogen-bond acceptors (Lipinski definition) is 3. The Bertz CT molecular complexity index is 616. The van der Waals surface area contributed by atoms with Crippen LogP contribution in [0.25, 0.3) is 0 Å². The molecule has 2 aromatic heterocycles. The Kier molecular flexibility index (Phi) is 4.96. The van der Waals surface area contributed by atoms with Gasteiger partial charge < -0.3 is 4.90 Å². The summed E-state index contributed by atoms with van der Waals surface area (Å²) in [6.45, 7) is 8.09. The van der Waals surface area contributed by atoms with Crippen LogP contribution in [0, 0.1) is 13.8 Å². The number of nitrogens with zero attached hydrogens (tertiary/aromatic N) is 3. The van der Waals surface area contributed by atoms with Gasteiger partial charge in [-0.15, -0.1) is 0 Å². The molecule has 0 radical (unpaired) electrons. The first-order valence-electron chi connectivity index (χ1n) is 7.58. The fourth-order valence-electron chi connectivity index (χ4n) is 2.88. The third-order valence-corrected chi connectivity index (χ3v) is 4.32.